The second-order valence-corrected chi connectivity index (χ2v) is 10.6. The Balaban J connectivity index is 2.18. The number of carboxylic acid groups (broad SMARTS) is 1. The van der Waals surface area contributed by atoms with Gasteiger partial charge >= 0.3 is 6.09 Å². The second kappa shape index (κ2) is 9.22. The minimum absolute atomic E-state index is 0.00533. The van der Waals surface area contributed by atoms with Crippen LogP contribution in [0.15, 0.2) is 59.9 Å². The van der Waals surface area contributed by atoms with Crippen molar-refractivity contribution in [2.24, 2.45) is 5.41 Å². The number of benzene rings is 1. The molecular weight excluding hydrogens is 449 g/mol. The van der Waals surface area contributed by atoms with Gasteiger partial charge in [-0.15, -0.1) is 0 Å². The van der Waals surface area contributed by atoms with Gasteiger partial charge in [0.05, 0.1) is 19.3 Å². The Kier molecular flexibility index (Phi) is 6.78. The summed E-state index contributed by atoms with van der Waals surface area (Å²) >= 11 is 0. The summed E-state index contributed by atoms with van der Waals surface area (Å²) in [7, 11) is -2.72. The van der Waals surface area contributed by atoms with Crippen molar-refractivity contribution in [3.05, 3.63) is 66.4 Å². The number of pyridine rings is 1. The fourth-order valence-electron chi connectivity index (χ4n) is 3.40. The highest BCUT2D eigenvalue weighted by atomic mass is 32.2. The highest BCUT2D eigenvalue weighted by molar-refractivity contribution is 7.90. The van der Waals surface area contributed by atoms with Gasteiger partial charge in [-0.2, -0.15) is 0 Å². The average Bonchev–Trinajstić information content (AvgIpc) is 3.18. The number of hydrogen-bond acceptors (Lipinski definition) is 5. The zero-order valence-corrected chi connectivity index (χ0v) is 19.6. The number of carbonyl (C=O) groups is 1. The summed E-state index contributed by atoms with van der Waals surface area (Å²) in [6.07, 6.45) is 2.82. The molecule has 0 unspecified atom stereocenters. The zero-order valence-electron chi connectivity index (χ0n) is 18.8. The topological polar surface area (TPSA) is 102 Å². The first-order valence-electron chi connectivity index (χ1n) is 10.1. The van der Waals surface area contributed by atoms with Gasteiger partial charge in [-0.05, 0) is 47.4 Å². The molecule has 1 amide bonds. The summed E-state index contributed by atoms with van der Waals surface area (Å²) in [5, 5.41) is 9.66. The number of ether oxygens (including phenoxy) is 1. The predicted molar refractivity (Wildman–Crippen MR) is 121 cm³/mol. The molecule has 176 valence electrons. The van der Waals surface area contributed by atoms with Gasteiger partial charge in [-0.25, -0.2) is 21.6 Å². The molecule has 0 spiro atoms. The third-order valence-electron chi connectivity index (χ3n) is 4.79. The summed E-state index contributed by atoms with van der Waals surface area (Å²) in [4.78, 5) is 16.8. The Morgan fingerprint density at radius 2 is 1.97 bits per heavy atom. The molecule has 3 aromatic rings. The maximum Gasteiger partial charge on any atom is 0.407 e. The number of rotatable bonds is 7. The standard InChI is InChI=1S/C23H26FN3O5S/c1-23(2,3)15-26(22(28)29)13-16-10-21(19-11-17(32-4)7-8-20(19)24)27(14-16)33(30,31)18-6-5-9-25-12-18/h5-12,14H,13,15H2,1-4H3,(H,28,29). The fourth-order valence-corrected chi connectivity index (χ4v) is 4.76. The molecular formula is C23H26FN3O5S. The van der Waals surface area contributed by atoms with Gasteiger partial charge < -0.3 is 14.7 Å². The first-order chi connectivity index (χ1) is 15.4. The molecule has 0 radical (unpaired) electrons. The van der Waals surface area contributed by atoms with Crippen LogP contribution in [-0.4, -0.2) is 47.1 Å². The molecule has 2 heterocycles. The molecule has 1 N–H and O–H groups in total. The first kappa shape index (κ1) is 24.2. The van der Waals surface area contributed by atoms with Crippen LogP contribution in [0.4, 0.5) is 9.18 Å². The van der Waals surface area contributed by atoms with Crippen molar-refractivity contribution < 1.29 is 27.4 Å². The maximum absolute atomic E-state index is 14.8. The van der Waals surface area contributed by atoms with Crippen LogP contribution in [0.25, 0.3) is 11.3 Å². The SMILES string of the molecule is COc1ccc(F)c(-c2cc(CN(CC(C)(C)C)C(=O)O)cn2S(=O)(=O)c2cccnc2)c1. The summed E-state index contributed by atoms with van der Waals surface area (Å²) < 4.78 is 47.7. The average molecular weight is 476 g/mol. The van der Waals surface area contributed by atoms with E-state index < -0.39 is 21.9 Å². The van der Waals surface area contributed by atoms with E-state index >= 15 is 0 Å². The van der Waals surface area contributed by atoms with Crippen molar-refractivity contribution in [1.29, 1.82) is 0 Å². The molecule has 10 heteroatoms. The number of halogens is 1. The molecule has 3 rings (SSSR count). The Bertz CT molecular complexity index is 1250. The zero-order chi connectivity index (χ0) is 24.4. The van der Waals surface area contributed by atoms with Crippen LogP contribution in [0.3, 0.4) is 0 Å². The van der Waals surface area contributed by atoms with Gasteiger partial charge in [0.1, 0.15) is 16.5 Å². The lowest BCUT2D eigenvalue weighted by atomic mass is 9.96. The Labute approximate surface area is 192 Å². The lowest BCUT2D eigenvalue weighted by Crippen LogP contribution is -2.36. The van der Waals surface area contributed by atoms with Crippen molar-refractivity contribution in [2.75, 3.05) is 13.7 Å². The molecule has 0 saturated heterocycles. The normalized spacial score (nSPS) is 11.9. The molecule has 1 aromatic carbocycles. The van der Waals surface area contributed by atoms with Crippen LogP contribution in [0, 0.1) is 11.2 Å². The summed E-state index contributed by atoms with van der Waals surface area (Å²) in [5.41, 5.74) is 0.133. The molecule has 8 nitrogen and oxygen atoms in total. The summed E-state index contributed by atoms with van der Waals surface area (Å²) in [6.45, 7) is 5.86. The van der Waals surface area contributed by atoms with Crippen LogP contribution in [0.1, 0.15) is 26.3 Å². The third-order valence-corrected chi connectivity index (χ3v) is 6.45. The lowest BCUT2D eigenvalue weighted by Gasteiger charge is -2.27. The van der Waals surface area contributed by atoms with Crippen LogP contribution >= 0.6 is 0 Å². The van der Waals surface area contributed by atoms with Crippen LogP contribution in [0.5, 0.6) is 5.75 Å². The molecule has 0 atom stereocenters. The van der Waals surface area contributed by atoms with Crippen molar-refractivity contribution in [2.45, 2.75) is 32.2 Å². The van der Waals surface area contributed by atoms with Gasteiger partial charge in [0.25, 0.3) is 10.0 Å². The molecule has 0 bridgehead atoms. The third kappa shape index (κ3) is 5.51. The van der Waals surface area contributed by atoms with Gasteiger partial charge in [0.2, 0.25) is 0 Å². The molecule has 0 aliphatic heterocycles. The molecule has 0 aliphatic carbocycles. The van der Waals surface area contributed by atoms with E-state index in [1.165, 1.54) is 67.0 Å². The maximum atomic E-state index is 14.8. The van der Waals surface area contributed by atoms with Crippen molar-refractivity contribution in [3.8, 4) is 17.0 Å². The molecule has 0 saturated carbocycles. The van der Waals surface area contributed by atoms with Crippen LogP contribution in [0.2, 0.25) is 0 Å². The Morgan fingerprint density at radius 1 is 1.24 bits per heavy atom. The van der Waals surface area contributed by atoms with Crippen molar-refractivity contribution in [3.63, 3.8) is 0 Å². The number of hydrogen-bond donors (Lipinski definition) is 1. The first-order valence-corrected chi connectivity index (χ1v) is 11.5. The molecule has 0 fully saturated rings. The molecule has 33 heavy (non-hydrogen) atoms. The van der Waals surface area contributed by atoms with Gasteiger partial charge in [-0.3, -0.25) is 4.98 Å². The monoisotopic (exact) mass is 475 g/mol. The van der Waals surface area contributed by atoms with Crippen LogP contribution in [-0.2, 0) is 16.6 Å². The van der Waals surface area contributed by atoms with E-state index in [0.29, 0.717) is 11.3 Å². The highest BCUT2D eigenvalue weighted by Crippen LogP contribution is 2.32. The highest BCUT2D eigenvalue weighted by Gasteiger charge is 2.26. The predicted octanol–water partition coefficient (Wildman–Crippen LogP) is 4.46. The van der Waals surface area contributed by atoms with E-state index in [-0.39, 0.29) is 34.7 Å². The van der Waals surface area contributed by atoms with E-state index in [1.807, 2.05) is 20.8 Å². The van der Waals surface area contributed by atoms with Gasteiger partial charge in [0, 0.05) is 30.7 Å². The number of methoxy groups -OCH3 is 1. The van der Waals surface area contributed by atoms with Gasteiger partial charge in [0.15, 0.2) is 0 Å². The lowest BCUT2D eigenvalue weighted by molar-refractivity contribution is 0.123. The number of amides is 1. The van der Waals surface area contributed by atoms with Crippen molar-refractivity contribution in [1.82, 2.24) is 13.9 Å². The van der Waals surface area contributed by atoms with E-state index in [4.69, 9.17) is 4.74 Å². The number of aromatic nitrogens is 2. The van der Waals surface area contributed by atoms with E-state index in [9.17, 15) is 22.7 Å². The van der Waals surface area contributed by atoms with E-state index in [1.54, 1.807) is 0 Å². The summed E-state index contributed by atoms with van der Waals surface area (Å²) in [5.74, 6) is -0.299. The second-order valence-electron chi connectivity index (χ2n) is 8.77. The Morgan fingerprint density at radius 3 is 2.55 bits per heavy atom. The van der Waals surface area contributed by atoms with Crippen molar-refractivity contribution >= 4 is 16.1 Å². The molecule has 0 aliphatic rings. The van der Waals surface area contributed by atoms with E-state index in [0.717, 1.165) is 3.97 Å². The fraction of sp³-hybridized carbons (Fsp3) is 0.304. The van der Waals surface area contributed by atoms with E-state index in [2.05, 4.69) is 4.98 Å². The Hall–Kier alpha value is -3.40. The molecule has 2 aromatic heterocycles. The minimum atomic E-state index is -4.14. The number of nitrogens with zero attached hydrogens (tertiary/aromatic N) is 3. The smallest absolute Gasteiger partial charge is 0.407 e. The summed E-state index contributed by atoms with van der Waals surface area (Å²) in [6, 6.07) is 8.36. The minimum Gasteiger partial charge on any atom is -0.497 e. The van der Waals surface area contributed by atoms with Gasteiger partial charge in [-0.1, -0.05) is 20.8 Å². The largest absolute Gasteiger partial charge is 0.497 e. The quantitative estimate of drug-likeness (QED) is 0.541. The van der Waals surface area contributed by atoms with Crippen LogP contribution < -0.4 is 4.74 Å².